The zero-order valence-electron chi connectivity index (χ0n) is 5.81. The fraction of sp³-hybridized carbons (Fsp3) is 0. The average molecular weight is 198 g/mol. The number of nitrogens with zero attached hydrogens (tertiary/aromatic N) is 2. The van der Waals surface area contributed by atoms with Crippen molar-refractivity contribution in [3.8, 4) is 0 Å². The molecule has 1 heterocycles. The molecule has 1 rings (SSSR count). The Morgan fingerprint density at radius 1 is 1.50 bits per heavy atom. The first-order valence-corrected chi connectivity index (χ1v) is 2.63. The first-order chi connectivity index (χ1) is 3.79. The third kappa shape index (κ3) is 5.27. The topological polar surface area (TPSA) is 27.6 Å². The zero-order valence-corrected chi connectivity index (χ0v) is 11.3. The summed E-state index contributed by atoms with van der Waals surface area (Å²) in [6.07, 6.45) is 3.09. The van der Waals surface area contributed by atoms with Gasteiger partial charge in [-0.15, -0.1) is 9.74 Å². The van der Waals surface area contributed by atoms with Gasteiger partial charge in [-0.2, -0.15) is 0 Å². The van der Waals surface area contributed by atoms with E-state index >= 15 is 0 Å². The van der Waals surface area contributed by atoms with Gasteiger partial charge in [0.25, 0.3) is 0 Å². The second-order valence-electron chi connectivity index (χ2n) is 1.15. The van der Waals surface area contributed by atoms with Gasteiger partial charge >= 0.3 is 0 Å². The number of hydrazone groups is 1. The average Bonchev–Trinajstić information content (AvgIpc) is 1.64. The number of hydrogen-bond donors (Lipinski definition) is 1. The smallest absolute Gasteiger partial charge is 0.125 e. The van der Waals surface area contributed by atoms with Crippen LogP contribution in [0.4, 0.5) is 0 Å². The minimum Gasteiger partial charge on any atom is -0.256 e. The Kier molecular flexibility index (Phi) is 10.2. The fourth-order valence-electron chi connectivity index (χ4n) is 0.312. The van der Waals surface area contributed by atoms with E-state index in [-0.39, 0.29) is 59.1 Å². The summed E-state index contributed by atoms with van der Waals surface area (Å²) in [4.78, 5) is 0. The van der Waals surface area contributed by atoms with Crippen LogP contribution in [0.5, 0.6) is 0 Å². The maximum absolute atomic E-state index is 5.44. The van der Waals surface area contributed by atoms with E-state index in [0.717, 1.165) is 4.64 Å². The molecule has 0 saturated heterocycles. The summed E-state index contributed by atoms with van der Waals surface area (Å²) < 4.78 is 1.00. The second-order valence-corrected chi connectivity index (χ2v) is 1.88. The molecule has 0 aliphatic carbocycles. The third-order valence-corrected chi connectivity index (χ3v) is 0.970. The molecule has 0 amide bonds. The Hall–Kier alpha value is 1.59. The van der Waals surface area contributed by atoms with Crippen molar-refractivity contribution in [3.05, 3.63) is 11.2 Å². The molecule has 10 heavy (non-hydrogen) atoms. The first-order valence-electron chi connectivity index (χ1n) is 1.91. The molecule has 0 atom stereocenters. The van der Waals surface area contributed by atoms with Crippen LogP contribution in [0.15, 0.2) is 16.3 Å². The van der Waals surface area contributed by atoms with E-state index in [1.165, 1.54) is 6.21 Å². The van der Waals surface area contributed by atoms with E-state index in [2.05, 4.69) is 10.5 Å². The Labute approximate surface area is 113 Å². The van der Waals surface area contributed by atoms with Crippen molar-refractivity contribution in [3.63, 3.8) is 0 Å². The van der Waals surface area contributed by atoms with Crippen LogP contribution in [0.3, 0.4) is 0 Å². The maximum Gasteiger partial charge on any atom is 0.125 e. The van der Waals surface area contributed by atoms with Crippen LogP contribution in [0.25, 0.3) is 0 Å². The molecule has 0 spiro atoms. The molecule has 3 nitrogen and oxygen atoms in total. The van der Waals surface area contributed by atoms with Gasteiger partial charge in [-0.1, -0.05) is 11.6 Å². The number of nitrogens with one attached hydrogen (secondary N) is 1. The van der Waals surface area contributed by atoms with Crippen molar-refractivity contribution in [1.29, 1.82) is 0 Å². The summed E-state index contributed by atoms with van der Waals surface area (Å²) in [6.45, 7) is 0. The van der Waals surface area contributed by atoms with Gasteiger partial charge < -0.3 is 0 Å². The zero-order chi connectivity index (χ0) is 5.98. The van der Waals surface area contributed by atoms with Crippen molar-refractivity contribution in [1.82, 2.24) is 10.1 Å². The number of hydrazine groups is 1. The summed E-state index contributed by atoms with van der Waals surface area (Å²) in [7, 11) is 0. The van der Waals surface area contributed by atoms with Crippen LogP contribution >= 0.6 is 23.4 Å². The second kappa shape index (κ2) is 7.25. The molecular formula is C3H3Cl2N3Na2. The van der Waals surface area contributed by atoms with Gasteiger partial charge in [-0.3, -0.25) is 5.43 Å². The molecule has 46 valence electrons. The van der Waals surface area contributed by atoms with E-state index in [1.54, 1.807) is 6.08 Å². The van der Waals surface area contributed by atoms with E-state index in [9.17, 15) is 0 Å². The summed E-state index contributed by atoms with van der Waals surface area (Å²) in [5, 5.41) is 4.04. The van der Waals surface area contributed by atoms with Crippen LogP contribution in [-0.2, 0) is 0 Å². The normalized spacial score (nSPS) is 14.2. The van der Waals surface area contributed by atoms with Crippen molar-refractivity contribution in [2.45, 2.75) is 0 Å². The molecule has 1 aliphatic rings. The largest absolute Gasteiger partial charge is 0.256 e. The number of allylic oxidation sites excluding steroid dienone is 1. The van der Waals surface area contributed by atoms with E-state index in [1.807, 2.05) is 0 Å². The quantitative estimate of drug-likeness (QED) is 0.343. The molecule has 1 aliphatic heterocycles. The molecule has 0 aromatic carbocycles. The monoisotopic (exact) mass is 197 g/mol. The minimum absolute atomic E-state index is 0. The van der Waals surface area contributed by atoms with E-state index < -0.39 is 0 Å². The Morgan fingerprint density at radius 2 is 2.10 bits per heavy atom. The summed E-state index contributed by atoms with van der Waals surface area (Å²) >= 11 is 10.8. The SMILES string of the molecule is ClC1=CC=NN(Cl)N1.[Na].[Na]. The molecule has 7 heteroatoms. The van der Waals surface area contributed by atoms with Gasteiger partial charge in [-0.25, -0.2) is 0 Å². The van der Waals surface area contributed by atoms with Crippen LogP contribution in [0.1, 0.15) is 0 Å². The van der Waals surface area contributed by atoms with Crippen molar-refractivity contribution < 1.29 is 0 Å². The van der Waals surface area contributed by atoms with Gasteiger partial charge in [0.15, 0.2) is 0 Å². The first kappa shape index (κ1) is 14.1. The predicted octanol–water partition coefficient (Wildman–Crippen LogP) is 0.265. The molecule has 0 aromatic rings. The van der Waals surface area contributed by atoms with Gasteiger partial charge in [0, 0.05) is 59.1 Å². The standard InChI is InChI=1S/C3H3Cl2N3.2Na/c4-3-1-2-6-8(5)7-3;;/h1-2,7H;;. The molecule has 2 radical (unpaired) electrons. The third-order valence-electron chi connectivity index (χ3n) is 0.588. The van der Waals surface area contributed by atoms with Crippen LogP contribution in [-0.4, -0.2) is 70.0 Å². The molecule has 0 unspecified atom stereocenters. The maximum atomic E-state index is 5.44. The van der Waals surface area contributed by atoms with Crippen molar-refractivity contribution >= 4 is 88.7 Å². The van der Waals surface area contributed by atoms with Gasteiger partial charge in [0.1, 0.15) is 5.16 Å². The van der Waals surface area contributed by atoms with Crippen molar-refractivity contribution in [2.75, 3.05) is 0 Å². The molecular weight excluding hydrogens is 195 g/mol. The van der Waals surface area contributed by atoms with Gasteiger partial charge in [0.05, 0.1) is 18.0 Å². The molecule has 0 saturated carbocycles. The Balaban J connectivity index is 0. The predicted molar refractivity (Wildman–Crippen MR) is 44.8 cm³/mol. The number of halogens is 2. The van der Waals surface area contributed by atoms with E-state index in [0.29, 0.717) is 5.16 Å². The molecule has 0 fully saturated rings. The summed E-state index contributed by atoms with van der Waals surface area (Å²) in [5.41, 5.74) is 2.51. The van der Waals surface area contributed by atoms with Crippen molar-refractivity contribution in [2.24, 2.45) is 5.10 Å². The number of hydrogen-bond acceptors (Lipinski definition) is 3. The molecule has 0 aromatic heterocycles. The van der Waals surface area contributed by atoms with Gasteiger partial charge in [-0.05, 0) is 6.08 Å². The molecule has 0 bridgehead atoms. The number of rotatable bonds is 0. The Morgan fingerprint density at radius 3 is 2.40 bits per heavy atom. The van der Waals surface area contributed by atoms with E-state index in [4.69, 9.17) is 23.4 Å². The van der Waals surface area contributed by atoms with Crippen LogP contribution < -0.4 is 5.43 Å². The van der Waals surface area contributed by atoms with Crippen LogP contribution in [0.2, 0.25) is 0 Å². The molecule has 1 N–H and O–H groups in total. The summed E-state index contributed by atoms with van der Waals surface area (Å²) in [5.74, 6) is 0. The summed E-state index contributed by atoms with van der Waals surface area (Å²) in [6, 6.07) is 0. The van der Waals surface area contributed by atoms with Crippen LogP contribution in [0, 0.1) is 0 Å². The fourth-order valence-corrected chi connectivity index (χ4v) is 0.633. The minimum atomic E-state index is 0. The Bertz CT molecular complexity index is 149. The van der Waals surface area contributed by atoms with Gasteiger partial charge in [0.2, 0.25) is 0 Å².